The Bertz CT molecular complexity index is 982. The molecule has 198 valence electrons. The monoisotopic (exact) mass is 512 g/mol. The lowest BCUT2D eigenvalue weighted by atomic mass is 9.63. The number of benzene rings is 2. The lowest BCUT2D eigenvalue weighted by molar-refractivity contribution is -0.255. The van der Waals surface area contributed by atoms with Gasteiger partial charge >= 0.3 is 12.5 Å². The Morgan fingerprint density at radius 3 is 2.14 bits per heavy atom. The van der Waals surface area contributed by atoms with Crippen LogP contribution in [-0.2, 0) is 0 Å². The summed E-state index contributed by atoms with van der Waals surface area (Å²) in [6, 6.07) is 9.07. The Kier molecular flexibility index (Phi) is 8.56. The summed E-state index contributed by atoms with van der Waals surface area (Å²) in [6.45, 7) is 2.25. The number of alkyl halides is 4. The molecule has 0 aliphatic heterocycles. The molecule has 2 aromatic rings. The van der Waals surface area contributed by atoms with Crippen LogP contribution in [-0.4, -0.2) is 12.5 Å². The van der Waals surface area contributed by atoms with E-state index >= 15 is 0 Å². The molecule has 2 aliphatic rings. The molecule has 0 heterocycles. The van der Waals surface area contributed by atoms with E-state index in [2.05, 4.69) is 11.7 Å². The molecule has 1 unspecified atom stereocenters. The number of ether oxygens (including phenoxy) is 1. The van der Waals surface area contributed by atoms with Gasteiger partial charge in [0.25, 0.3) is 0 Å². The van der Waals surface area contributed by atoms with Crippen molar-refractivity contribution in [3.05, 3.63) is 53.6 Å². The van der Waals surface area contributed by atoms with E-state index in [-0.39, 0.29) is 5.56 Å². The standard InChI is InChI=1S/C29H34F6O/c1-2-3-4-5-18-6-7-23-15-22(13-12-21(23)14-18)19-8-10-20(11-9-19)24-16-25(30)27(26(31)17-24)36-29(34,35)28(32)33/h8-11,16-18,21-23,28H,2-7,12-15H2,1H3/t18?,21-,22-,23-/m1/s1. The van der Waals surface area contributed by atoms with Gasteiger partial charge in [-0.1, -0.05) is 63.3 Å². The smallest absolute Gasteiger partial charge is 0.422 e. The number of halogens is 6. The van der Waals surface area contributed by atoms with Gasteiger partial charge in [0.15, 0.2) is 17.4 Å². The van der Waals surface area contributed by atoms with Gasteiger partial charge in [-0.25, -0.2) is 8.78 Å². The fourth-order valence-electron chi connectivity index (χ4n) is 6.19. The highest BCUT2D eigenvalue weighted by atomic mass is 19.3. The Hall–Kier alpha value is -2.18. The average Bonchev–Trinajstić information content (AvgIpc) is 2.86. The fraction of sp³-hybridized carbons (Fsp3) is 0.586. The summed E-state index contributed by atoms with van der Waals surface area (Å²) in [5.41, 5.74) is 1.82. The maximum Gasteiger partial charge on any atom is 0.461 e. The van der Waals surface area contributed by atoms with Crippen LogP contribution in [0.2, 0.25) is 0 Å². The minimum absolute atomic E-state index is 0.120. The third-order valence-corrected chi connectivity index (χ3v) is 8.14. The molecule has 2 aliphatic carbocycles. The maximum atomic E-state index is 14.3. The second-order valence-corrected chi connectivity index (χ2v) is 10.6. The number of hydrogen-bond donors (Lipinski definition) is 0. The van der Waals surface area contributed by atoms with E-state index in [1.54, 1.807) is 12.1 Å². The second kappa shape index (κ2) is 11.5. The Balaban J connectivity index is 1.39. The average molecular weight is 513 g/mol. The molecule has 2 saturated carbocycles. The van der Waals surface area contributed by atoms with E-state index in [0.29, 0.717) is 11.5 Å². The molecule has 1 nitrogen and oxygen atoms in total. The Morgan fingerprint density at radius 2 is 1.50 bits per heavy atom. The molecule has 0 aromatic heterocycles. The van der Waals surface area contributed by atoms with Crippen molar-refractivity contribution in [1.29, 1.82) is 0 Å². The molecule has 0 spiro atoms. The first-order chi connectivity index (χ1) is 17.2. The van der Waals surface area contributed by atoms with Crippen molar-refractivity contribution >= 4 is 0 Å². The lowest BCUT2D eigenvalue weighted by Gasteiger charge is -2.42. The zero-order valence-electron chi connectivity index (χ0n) is 20.6. The van der Waals surface area contributed by atoms with Crippen molar-refractivity contribution in [3.8, 4) is 16.9 Å². The summed E-state index contributed by atoms with van der Waals surface area (Å²) in [7, 11) is 0. The number of rotatable bonds is 9. The third-order valence-electron chi connectivity index (χ3n) is 8.14. The zero-order valence-corrected chi connectivity index (χ0v) is 20.6. The van der Waals surface area contributed by atoms with Gasteiger partial charge in [-0.05, 0) is 84.6 Å². The molecule has 2 fully saturated rings. The van der Waals surface area contributed by atoms with Crippen molar-refractivity contribution in [2.75, 3.05) is 0 Å². The SMILES string of the molecule is CCCCCC1CC[C@@H]2C[C@H](c3ccc(-c4cc(F)c(OC(F)(F)C(F)F)c(F)c4)cc3)CC[C@@H]2C1. The van der Waals surface area contributed by atoms with Crippen LogP contribution in [0.3, 0.4) is 0 Å². The maximum absolute atomic E-state index is 14.3. The van der Waals surface area contributed by atoms with E-state index < -0.39 is 29.9 Å². The van der Waals surface area contributed by atoms with Crippen molar-refractivity contribution in [3.63, 3.8) is 0 Å². The molecule has 36 heavy (non-hydrogen) atoms. The highest BCUT2D eigenvalue weighted by Gasteiger charge is 2.45. The number of fused-ring (bicyclic) bond motifs is 1. The topological polar surface area (TPSA) is 9.23 Å². The zero-order chi connectivity index (χ0) is 25.9. The molecular formula is C29H34F6O. The first kappa shape index (κ1) is 26.9. The van der Waals surface area contributed by atoms with E-state index in [1.165, 1.54) is 63.4 Å². The Morgan fingerprint density at radius 1 is 0.861 bits per heavy atom. The molecule has 0 radical (unpaired) electrons. The van der Waals surface area contributed by atoms with Crippen LogP contribution in [0.1, 0.15) is 82.6 Å². The summed E-state index contributed by atoms with van der Waals surface area (Å²) in [5.74, 6) is -1.52. The summed E-state index contributed by atoms with van der Waals surface area (Å²) in [4.78, 5) is 0. The van der Waals surface area contributed by atoms with Crippen molar-refractivity contribution in [2.24, 2.45) is 17.8 Å². The normalized spacial score (nSPS) is 24.6. The van der Waals surface area contributed by atoms with Crippen LogP contribution < -0.4 is 4.74 Å². The molecule has 0 N–H and O–H groups in total. The highest BCUT2D eigenvalue weighted by molar-refractivity contribution is 5.65. The van der Waals surface area contributed by atoms with Crippen LogP contribution in [0.25, 0.3) is 11.1 Å². The first-order valence-electron chi connectivity index (χ1n) is 13.1. The molecule has 2 aromatic carbocycles. The van der Waals surface area contributed by atoms with Gasteiger partial charge in [-0.2, -0.15) is 17.6 Å². The summed E-state index contributed by atoms with van der Waals surface area (Å²) < 4.78 is 83.2. The summed E-state index contributed by atoms with van der Waals surface area (Å²) >= 11 is 0. The predicted molar refractivity (Wildman–Crippen MR) is 128 cm³/mol. The second-order valence-electron chi connectivity index (χ2n) is 10.6. The van der Waals surface area contributed by atoms with E-state index in [9.17, 15) is 26.3 Å². The summed E-state index contributed by atoms with van der Waals surface area (Å²) in [5, 5.41) is 0. The Labute approximate surface area is 209 Å². The minimum Gasteiger partial charge on any atom is -0.422 e. The van der Waals surface area contributed by atoms with Gasteiger partial charge in [0.05, 0.1) is 0 Å². The van der Waals surface area contributed by atoms with Crippen LogP contribution in [0.15, 0.2) is 36.4 Å². The molecule has 4 rings (SSSR count). The molecule has 0 saturated heterocycles. The van der Waals surface area contributed by atoms with Crippen LogP contribution in [0, 0.1) is 29.4 Å². The van der Waals surface area contributed by atoms with Gasteiger partial charge in [0.2, 0.25) is 0 Å². The van der Waals surface area contributed by atoms with Crippen molar-refractivity contribution in [2.45, 2.75) is 89.6 Å². The van der Waals surface area contributed by atoms with E-state index in [4.69, 9.17) is 0 Å². The number of unbranched alkanes of at least 4 members (excludes halogenated alkanes) is 2. The third kappa shape index (κ3) is 6.20. The van der Waals surface area contributed by atoms with E-state index in [1.807, 2.05) is 12.1 Å². The van der Waals surface area contributed by atoms with E-state index in [0.717, 1.165) is 36.3 Å². The van der Waals surface area contributed by atoms with Crippen LogP contribution in [0.5, 0.6) is 5.75 Å². The molecular weight excluding hydrogens is 478 g/mol. The van der Waals surface area contributed by atoms with Gasteiger partial charge in [-0.15, -0.1) is 0 Å². The van der Waals surface area contributed by atoms with Crippen molar-refractivity contribution < 1.29 is 31.1 Å². The predicted octanol–water partition coefficient (Wildman–Crippen LogP) is 9.75. The first-order valence-corrected chi connectivity index (χ1v) is 13.1. The van der Waals surface area contributed by atoms with Gasteiger partial charge in [0, 0.05) is 0 Å². The van der Waals surface area contributed by atoms with Crippen molar-refractivity contribution in [1.82, 2.24) is 0 Å². The van der Waals surface area contributed by atoms with Crippen LogP contribution in [0.4, 0.5) is 26.3 Å². The molecule has 0 bridgehead atoms. The van der Waals surface area contributed by atoms with Gasteiger partial charge in [-0.3, -0.25) is 0 Å². The molecule has 0 amide bonds. The molecule has 4 atom stereocenters. The van der Waals surface area contributed by atoms with Crippen LogP contribution >= 0.6 is 0 Å². The molecule has 7 heteroatoms. The van der Waals surface area contributed by atoms with Gasteiger partial charge in [0.1, 0.15) is 0 Å². The minimum atomic E-state index is -4.99. The highest BCUT2D eigenvalue weighted by Crippen LogP contribution is 2.48. The number of hydrogen-bond acceptors (Lipinski definition) is 1. The quantitative estimate of drug-likeness (QED) is 0.240. The fourth-order valence-corrected chi connectivity index (χ4v) is 6.19. The lowest BCUT2D eigenvalue weighted by Crippen LogP contribution is -2.34. The summed E-state index contributed by atoms with van der Waals surface area (Å²) in [6.07, 6.45) is 3.64. The largest absolute Gasteiger partial charge is 0.461 e. The van der Waals surface area contributed by atoms with Gasteiger partial charge < -0.3 is 4.74 Å².